The van der Waals surface area contributed by atoms with Crippen LogP contribution in [0.1, 0.15) is 25.0 Å². The number of hydrogen-bond acceptors (Lipinski definition) is 1. The number of fused-ring (bicyclic) bond motifs is 8. The highest BCUT2D eigenvalue weighted by Gasteiger charge is 2.37. The van der Waals surface area contributed by atoms with Crippen LogP contribution < -0.4 is 4.90 Å². The van der Waals surface area contributed by atoms with E-state index in [1.165, 1.54) is 110 Å². The molecule has 12 aromatic rings. The summed E-state index contributed by atoms with van der Waals surface area (Å²) < 4.78 is 2.55. The van der Waals surface area contributed by atoms with E-state index in [0.29, 0.717) is 0 Å². The molecule has 0 radical (unpaired) electrons. The van der Waals surface area contributed by atoms with Crippen molar-refractivity contribution in [3.8, 4) is 50.3 Å². The fourth-order valence-corrected chi connectivity index (χ4v) is 11.2. The molecule has 2 heteroatoms. The molecule has 0 amide bonds. The van der Waals surface area contributed by atoms with Crippen molar-refractivity contribution in [2.24, 2.45) is 0 Å². The number of hydrogen-bond donors (Lipinski definition) is 0. The third-order valence-corrected chi connectivity index (χ3v) is 14.4. The second kappa shape index (κ2) is 15.3. The molecular weight excluding hydrogens is 809 g/mol. The van der Waals surface area contributed by atoms with Crippen LogP contribution in [-0.2, 0) is 5.41 Å². The Bertz CT molecular complexity index is 3870. The molecule has 0 spiro atoms. The largest absolute Gasteiger partial charge is 0.310 e. The number of anilines is 3. The van der Waals surface area contributed by atoms with Gasteiger partial charge in [-0.05, 0) is 103 Å². The molecule has 0 aliphatic heterocycles. The molecular formula is C65H46N2. The topological polar surface area (TPSA) is 8.17 Å². The molecule has 0 bridgehead atoms. The zero-order valence-corrected chi connectivity index (χ0v) is 37.5. The average molecular weight is 855 g/mol. The Labute approximate surface area is 391 Å². The molecule has 0 saturated heterocycles. The number of rotatable bonds is 7. The molecule has 13 rings (SSSR count). The highest BCUT2D eigenvalue weighted by Crippen LogP contribution is 2.53. The first-order chi connectivity index (χ1) is 33.0. The van der Waals surface area contributed by atoms with Crippen LogP contribution in [0.5, 0.6) is 0 Å². The lowest BCUT2D eigenvalue weighted by Gasteiger charge is -2.29. The first-order valence-corrected chi connectivity index (χ1v) is 23.3. The van der Waals surface area contributed by atoms with Gasteiger partial charge in [0.25, 0.3) is 0 Å². The van der Waals surface area contributed by atoms with Gasteiger partial charge in [-0.25, -0.2) is 0 Å². The van der Waals surface area contributed by atoms with Gasteiger partial charge in [0.05, 0.1) is 22.6 Å². The lowest BCUT2D eigenvalue weighted by molar-refractivity contribution is 0.660. The Balaban J connectivity index is 0.998. The third kappa shape index (κ3) is 6.10. The predicted octanol–water partition coefficient (Wildman–Crippen LogP) is 17.9. The molecule has 2 nitrogen and oxygen atoms in total. The molecule has 0 fully saturated rings. The highest BCUT2D eigenvalue weighted by atomic mass is 15.1. The fourth-order valence-electron chi connectivity index (χ4n) is 11.2. The number of para-hydroxylation sites is 1. The third-order valence-electron chi connectivity index (χ3n) is 14.4. The second-order valence-electron chi connectivity index (χ2n) is 18.4. The van der Waals surface area contributed by atoms with Crippen molar-refractivity contribution in [1.29, 1.82) is 0 Å². The normalized spacial score (nSPS) is 12.7. The lowest BCUT2D eigenvalue weighted by atomic mass is 9.81. The van der Waals surface area contributed by atoms with Crippen LogP contribution in [0.15, 0.2) is 243 Å². The van der Waals surface area contributed by atoms with Crippen molar-refractivity contribution in [2.75, 3.05) is 4.90 Å². The molecule has 1 aromatic heterocycles. The van der Waals surface area contributed by atoms with E-state index in [1.807, 2.05) is 0 Å². The van der Waals surface area contributed by atoms with Gasteiger partial charge in [-0.2, -0.15) is 0 Å². The summed E-state index contributed by atoms with van der Waals surface area (Å²) in [6.45, 7) is 4.80. The first-order valence-electron chi connectivity index (χ1n) is 23.3. The highest BCUT2D eigenvalue weighted by molar-refractivity contribution is 6.19. The van der Waals surface area contributed by atoms with E-state index >= 15 is 0 Å². The summed E-state index contributed by atoms with van der Waals surface area (Å²) in [5, 5.41) is 8.59. The maximum absolute atomic E-state index is 2.55. The fraction of sp³-hybridized carbons (Fsp3) is 0.0462. The molecule has 0 atom stereocenters. The van der Waals surface area contributed by atoms with E-state index in [9.17, 15) is 0 Å². The molecule has 11 aromatic carbocycles. The smallest absolute Gasteiger partial charge is 0.0620 e. The van der Waals surface area contributed by atoms with E-state index in [0.717, 1.165) is 11.4 Å². The van der Waals surface area contributed by atoms with Crippen molar-refractivity contribution in [1.82, 2.24) is 4.57 Å². The van der Waals surface area contributed by atoms with Crippen LogP contribution in [0.2, 0.25) is 0 Å². The van der Waals surface area contributed by atoms with Gasteiger partial charge in [0.2, 0.25) is 0 Å². The maximum atomic E-state index is 2.55. The zero-order chi connectivity index (χ0) is 44.6. The van der Waals surface area contributed by atoms with Gasteiger partial charge in [0, 0.05) is 43.9 Å². The lowest BCUT2D eigenvalue weighted by Crippen LogP contribution is -2.16. The number of benzene rings is 11. The standard InChI is InChI=1S/C65H46N2/c1-65(2)58-41-47(35-37-54(58)55-38-36-49(42-59(55)65)66(48-27-10-5-11-28-48)60-33-16-25-43-19-12-14-29-51(43)60)50-31-18-32-56-53(50)39-40-57-62(45-21-6-3-7-22-45)63(46-23-8-4-9-24-46)67(64(56)57)61-34-17-26-44-20-13-15-30-52(44)61/h3-42H,1-2H3. The Kier molecular flexibility index (Phi) is 8.91. The van der Waals surface area contributed by atoms with E-state index in [1.54, 1.807) is 0 Å². The Morgan fingerprint density at radius 2 is 0.925 bits per heavy atom. The Hall–Kier alpha value is -8.46. The summed E-state index contributed by atoms with van der Waals surface area (Å²) in [4.78, 5) is 2.42. The monoisotopic (exact) mass is 854 g/mol. The minimum absolute atomic E-state index is 0.242. The Morgan fingerprint density at radius 1 is 0.358 bits per heavy atom. The first kappa shape index (κ1) is 39.0. The van der Waals surface area contributed by atoms with Crippen LogP contribution in [0, 0.1) is 0 Å². The molecule has 0 unspecified atom stereocenters. The molecule has 1 aliphatic rings. The van der Waals surface area contributed by atoms with Crippen molar-refractivity contribution in [2.45, 2.75) is 19.3 Å². The van der Waals surface area contributed by atoms with Gasteiger partial charge in [0.1, 0.15) is 0 Å². The maximum Gasteiger partial charge on any atom is 0.0620 e. The zero-order valence-electron chi connectivity index (χ0n) is 37.5. The van der Waals surface area contributed by atoms with Crippen molar-refractivity contribution < 1.29 is 0 Å². The molecule has 0 saturated carbocycles. The van der Waals surface area contributed by atoms with Gasteiger partial charge >= 0.3 is 0 Å². The van der Waals surface area contributed by atoms with Gasteiger partial charge in [0.15, 0.2) is 0 Å². The van der Waals surface area contributed by atoms with Crippen LogP contribution >= 0.6 is 0 Å². The van der Waals surface area contributed by atoms with Crippen LogP contribution in [0.3, 0.4) is 0 Å². The Morgan fingerprint density at radius 3 is 1.69 bits per heavy atom. The average Bonchev–Trinajstić information content (AvgIpc) is 3.85. The summed E-state index contributed by atoms with van der Waals surface area (Å²) in [5.41, 5.74) is 18.2. The summed E-state index contributed by atoms with van der Waals surface area (Å²) >= 11 is 0. The minimum Gasteiger partial charge on any atom is -0.310 e. The molecule has 67 heavy (non-hydrogen) atoms. The summed E-state index contributed by atoms with van der Waals surface area (Å²) in [6, 6.07) is 89.4. The quantitative estimate of drug-likeness (QED) is 0.155. The van der Waals surface area contributed by atoms with Gasteiger partial charge < -0.3 is 9.47 Å². The number of nitrogens with zero attached hydrogens (tertiary/aromatic N) is 2. The summed E-state index contributed by atoms with van der Waals surface area (Å²) in [6.07, 6.45) is 0. The van der Waals surface area contributed by atoms with E-state index in [2.05, 4.69) is 266 Å². The van der Waals surface area contributed by atoms with Gasteiger partial charge in [-0.1, -0.05) is 214 Å². The van der Waals surface area contributed by atoms with E-state index < -0.39 is 0 Å². The molecule has 316 valence electrons. The summed E-state index contributed by atoms with van der Waals surface area (Å²) in [7, 11) is 0. The van der Waals surface area contributed by atoms with Crippen LogP contribution in [0.25, 0.3) is 93.5 Å². The van der Waals surface area contributed by atoms with Gasteiger partial charge in [-0.15, -0.1) is 0 Å². The van der Waals surface area contributed by atoms with E-state index in [-0.39, 0.29) is 5.41 Å². The minimum atomic E-state index is -0.242. The summed E-state index contributed by atoms with van der Waals surface area (Å²) in [5.74, 6) is 0. The molecule has 0 N–H and O–H groups in total. The predicted molar refractivity (Wildman–Crippen MR) is 284 cm³/mol. The SMILES string of the molecule is CC1(C)c2cc(-c3cccc4c3ccc3c(-c5ccccc5)c(-c5ccccc5)n(-c5cccc6ccccc56)c34)ccc2-c2ccc(N(c3ccccc3)c3cccc4ccccc34)cc21. The molecule has 1 heterocycles. The van der Waals surface area contributed by atoms with Crippen molar-refractivity contribution >= 4 is 60.3 Å². The second-order valence-corrected chi connectivity index (χ2v) is 18.4. The molecule has 1 aliphatic carbocycles. The van der Waals surface area contributed by atoms with Crippen LogP contribution in [0.4, 0.5) is 17.1 Å². The van der Waals surface area contributed by atoms with E-state index in [4.69, 9.17) is 0 Å². The van der Waals surface area contributed by atoms with Crippen molar-refractivity contribution in [3.05, 3.63) is 254 Å². The number of aromatic nitrogens is 1. The van der Waals surface area contributed by atoms with Gasteiger partial charge in [-0.3, -0.25) is 0 Å². The van der Waals surface area contributed by atoms with Crippen molar-refractivity contribution in [3.63, 3.8) is 0 Å². The van der Waals surface area contributed by atoms with Crippen LogP contribution in [-0.4, -0.2) is 4.57 Å².